The van der Waals surface area contributed by atoms with E-state index in [-0.39, 0.29) is 0 Å². The van der Waals surface area contributed by atoms with Crippen molar-refractivity contribution in [3.8, 4) is 0 Å². The van der Waals surface area contributed by atoms with E-state index in [1.165, 1.54) is 11.1 Å². The zero-order valence-electron chi connectivity index (χ0n) is 11.5. The van der Waals surface area contributed by atoms with Crippen LogP contribution in [0.25, 0.3) is 0 Å². The van der Waals surface area contributed by atoms with Crippen molar-refractivity contribution in [1.82, 2.24) is 10.2 Å². The molecule has 0 aliphatic carbocycles. The molecule has 0 spiro atoms. The highest BCUT2D eigenvalue weighted by Gasteiger charge is 2.24. The molecule has 0 aromatic heterocycles. The number of nitrogens with zero attached hydrogens (tertiary/aromatic N) is 1. The van der Waals surface area contributed by atoms with E-state index in [1.807, 2.05) is 0 Å². The first-order chi connectivity index (χ1) is 8.65. The quantitative estimate of drug-likeness (QED) is 0.819. The van der Waals surface area contributed by atoms with Crippen LogP contribution in [0.5, 0.6) is 0 Å². The summed E-state index contributed by atoms with van der Waals surface area (Å²) >= 11 is 0. The van der Waals surface area contributed by atoms with Crippen molar-refractivity contribution < 1.29 is 0 Å². The molecule has 1 N–H and O–H groups in total. The highest BCUT2D eigenvalue weighted by Crippen LogP contribution is 2.12. The molecule has 98 valence electrons. The Morgan fingerprint density at radius 2 is 2.11 bits per heavy atom. The van der Waals surface area contributed by atoms with Gasteiger partial charge in [-0.1, -0.05) is 42.5 Å². The Morgan fingerprint density at radius 1 is 1.39 bits per heavy atom. The van der Waals surface area contributed by atoms with Crippen LogP contribution in [0.2, 0.25) is 0 Å². The third-order valence-corrected chi connectivity index (χ3v) is 3.58. The van der Waals surface area contributed by atoms with Crippen molar-refractivity contribution in [2.24, 2.45) is 0 Å². The summed E-state index contributed by atoms with van der Waals surface area (Å²) in [7, 11) is 0. The minimum absolute atomic E-state index is 0.558. The predicted octanol–water partition coefficient (Wildman–Crippen LogP) is 2.47. The molecule has 0 saturated carbocycles. The van der Waals surface area contributed by atoms with Gasteiger partial charge in [-0.25, -0.2) is 0 Å². The molecule has 1 saturated heterocycles. The molecule has 18 heavy (non-hydrogen) atoms. The van der Waals surface area contributed by atoms with Gasteiger partial charge in [-0.3, -0.25) is 4.90 Å². The van der Waals surface area contributed by atoms with Crippen molar-refractivity contribution in [2.75, 3.05) is 19.6 Å². The van der Waals surface area contributed by atoms with Gasteiger partial charge in [-0.05, 0) is 25.8 Å². The van der Waals surface area contributed by atoms with Crippen LogP contribution < -0.4 is 5.32 Å². The standard InChI is InChI=1S/C16H24N2/c1-13(2)11-18-12-16(17-10-14(18)3)9-15-7-5-4-6-8-15/h4-8,14,16-17H,1,9-12H2,2-3H3. The predicted molar refractivity (Wildman–Crippen MR) is 77.8 cm³/mol. The first-order valence-corrected chi connectivity index (χ1v) is 6.81. The van der Waals surface area contributed by atoms with Crippen LogP contribution in [-0.4, -0.2) is 36.6 Å². The van der Waals surface area contributed by atoms with Crippen molar-refractivity contribution >= 4 is 0 Å². The molecule has 1 aliphatic heterocycles. The fourth-order valence-corrected chi connectivity index (χ4v) is 2.60. The molecule has 2 heteroatoms. The Kier molecular flexibility index (Phi) is 4.56. The third-order valence-electron chi connectivity index (χ3n) is 3.58. The van der Waals surface area contributed by atoms with Gasteiger partial charge in [0.15, 0.2) is 0 Å². The highest BCUT2D eigenvalue weighted by molar-refractivity contribution is 5.16. The Morgan fingerprint density at radius 3 is 2.78 bits per heavy atom. The van der Waals surface area contributed by atoms with E-state index in [0.717, 1.165) is 26.1 Å². The zero-order chi connectivity index (χ0) is 13.0. The van der Waals surface area contributed by atoms with Gasteiger partial charge in [-0.2, -0.15) is 0 Å². The van der Waals surface area contributed by atoms with Crippen LogP contribution >= 0.6 is 0 Å². The van der Waals surface area contributed by atoms with Gasteiger partial charge in [0.25, 0.3) is 0 Å². The summed E-state index contributed by atoms with van der Waals surface area (Å²) in [6.07, 6.45) is 1.11. The summed E-state index contributed by atoms with van der Waals surface area (Å²) in [6.45, 7) is 11.6. The maximum absolute atomic E-state index is 4.03. The van der Waals surface area contributed by atoms with E-state index in [2.05, 4.69) is 61.0 Å². The molecule has 1 aromatic carbocycles. The molecule has 1 heterocycles. The van der Waals surface area contributed by atoms with Crippen molar-refractivity contribution in [2.45, 2.75) is 32.4 Å². The average molecular weight is 244 g/mol. The third kappa shape index (κ3) is 3.69. The number of benzene rings is 1. The van der Waals surface area contributed by atoms with E-state index in [4.69, 9.17) is 0 Å². The lowest BCUT2D eigenvalue weighted by Crippen LogP contribution is -2.56. The molecule has 1 aromatic rings. The monoisotopic (exact) mass is 244 g/mol. The van der Waals surface area contributed by atoms with Gasteiger partial charge in [-0.15, -0.1) is 0 Å². The first-order valence-electron chi connectivity index (χ1n) is 6.81. The molecule has 0 amide bonds. The van der Waals surface area contributed by atoms with E-state index in [9.17, 15) is 0 Å². The van der Waals surface area contributed by atoms with Gasteiger partial charge >= 0.3 is 0 Å². The lowest BCUT2D eigenvalue weighted by Gasteiger charge is -2.39. The summed E-state index contributed by atoms with van der Waals surface area (Å²) in [5.41, 5.74) is 2.67. The van der Waals surface area contributed by atoms with Crippen LogP contribution in [0.3, 0.4) is 0 Å². The molecule has 0 bridgehead atoms. The summed E-state index contributed by atoms with van der Waals surface area (Å²) in [6, 6.07) is 11.9. The summed E-state index contributed by atoms with van der Waals surface area (Å²) in [5, 5.41) is 3.65. The second-order valence-electron chi connectivity index (χ2n) is 5.53. The normalized spacial score (nSPS) is 25.0. The smallest absolute Gasteiger partial charge is 0.0236 e. The summed E-state index contributed by atoms with van der Waals surface area (Å²) < 4.78 is 0. The largest absolute Gasteiger partial charge is 0.311 e. The maximum atomic E-state index is 4.03. The molecule has 1 aliphatic rings. The number of nitrogens with one attached hydrogen (secondary N) is 1. The van der Waals surface area contributed by atoms with Gasteiger partial charge in [0.2, 0.25) is 0 Å². The fraction of sp³-hybridized carbons (Fsp3) is 0.500. The second-order valence-corrected chi connectivity index (χ2v) is 5.53. The Labute approximate surface area is 111 Å². The summed E-state index contributed by atoms with van der Waals surface area (Å²) in [5.74, 6) is 0. The minimum atomic E-state index is 0.558. The van der Waals surface area contributed by atoms with Crippen LogP contribution in [0.1, 0.15) is 19.4 Å². The van der Waals surface area contributed by atoms with E-state index in [0.29, 0.717) is 12.1 Å². The molecule has 2 unspecified atom stereocenters. The average Bonchev–Trinajstić information content (AvgIpc) is 2.34. The molecular formula is C16H24N2. The Balaban J connectivity index is 1.93. The topological polar surface area (TPSA) is 15.3 Å². The minimum Gasteiger partial charge on any atom is -0.311 e. The van der Waals surface area contributed by atoms with Crippen molar-refractivity contribution in [1.29, 1.82) is 0 Å². The van der Waals surface area contributed by atoms with Crippen LogP contribution in [0, 0.1) is 0 Å². The number of piperazine rings is 1. The SMILES string of the molecule is C=C(C)CN1CC(Cc2ccccc2)NCC1C. The lowest BCUT2D eigenvalue weighted by molar-refractivity contribution is 0.153. The van der Waals surface area contributed by atoms with E-state index >= 15 is 0 Å². The van der Waals surface area contributed by atoms with Gasteiger partial charge in [0.1, 0.15) is 0 Å². The number of hydrogen-bond acceptors (Lipinski definition) is 2. The Hall–Kier alpha value is -1.12. The van der Waals surface area contributed by atoms with Crippen LogP contribution in [0.4, 0.5) is 0 Å². The second kappa shape index (κ2) is 6.17. The number of rotatable bonds is 4. The molecule has 2 atom stereocenters. The van der Waals surface area contributed by atoms with Gasteiger partial charge in [0.05, 0.1) is 0 Å². The van der Waals surface area contributed by atoms with Gasteiger partial charge < -0.3 is 5.32 Å². The van der Waals surface area contributed by atoms with Crippen LogP contribution in [-0.2, 0) is 6.42 Å². The fourth-order valence-electron chi connectivity index (χ4n) is 2.60. The maximum Gasteiger partial charge on any atom is 0.0236 e. The van der Waals surface area contributed by atoms with E-state index in [1.54, 1.807) is 0 Å². The van der Waals surface area contributed by atoms with Crippen molar-refractivity contribution in [3.63, 3.8) is 0 Å². The van der Waals surface area contributed by atoms with Gasteiger partial charge in [0, 0.05) is 31.7 Å². The molecule has 1 fully saturated rings. The zero-order valence-corrected chi connectivity index (χ0v) is 11.5. The van der Waals surface area contributed by atoms with Crippen LogP contribution in [0.15, 0.2) is 42.5 Å². The number of hydrogen-bond donors (Lipinski definition) is 1. The first kappa shape index (κ1) is 13.3. The molecule has 2 nitrogen and oxygen atoms in total. The van der Waals surface area contributed by atoms with E-state index < -0.39 is 0 Å². The Bertz CT molecular complexity index is 385. The van der Waals surface area contributed by atoms with Crippen molar-refractivity contribution in [3.05, 3.63) is 48.0 Å². The molecule has 2 rings (SSSR count). The highest BCUT2D eigenvalue weighted by atomic mass is 15.2. The molecular weight excluding hydrogens is 220 g/mol. The summed E-state index contributed by atoms with van der Waals surface area (Å²) in [4.78, 5) is 2.53. The molecule has 0 radical (unpaired) electrons. The lowest BCUT2D eigenvalue weighted by atomic mass is 10.0.